The van der Waals surface area contributed by atoms with Crippen molar-refractivity contribution in [2.24, 2.45) is 11.8 Å². The highest BCUT2D eigenvalue weighted by atomic mass is 35.5. The zero-order valence-electron chi connectivity index (χ0n) is 14.0. The zero-order valence-corrected chi connectivity index (χ0v) is 16.3. The van der Waals surface area contributed by atoms with Crippen LogP contribution in [-0.2, 0) is 10.1 Å². The number of hydrogen-bond donors (Lipinski definition) is 2. The van der Waals surface area contributed by atoms with Crippen LogP contribution in [0, 0.1) is 18.8 Å². The Kier molecular flexibility index (Phi) is 5.69. The molecule has 1 aliphatic carbocycles. The minimum absolute atomic E-state index is 0.0666. The number of hydrogen-bond acceptors (Lipinski definition) is 4. The smallest absolute Gasteiger partial charge is 0.294 e. The van der Waals surface area contributed by atoms with Crippen molar-refractivity contribution in [3.05, 3.63) is 63.9 Å². The van der Waals surface area contributed by atoms with E-state index in [-0.39, 0.29) is 4.90 Å². The molecule has 0 spiro atoms. The summed E-state index contributed by atoms with van der Waals surface area (Å²) in [5.74, 6) is 1.35. The van der Waals surface area contributed by atoms with Crippen LogP contribution in [0.25, 0.3) is 5.57 Å². The maximum atomic E-state index is 10.5. The predicted octanol–water partition coefficient (Wildman–Crippen LogP) is 3.86. The molecule has 4 rings (SSSR count). The summed E-state index contributed by atoms with van der Waals surface area (Å²) in [6, 6.07) is 7.89. The number of aromatic nitrogens is 1. The monoisotopic (exact) mass is 412 g/mol. The van der Waals surface area contributed by atoms with Gasteiger partial charge in [0.05, 0.1) is 9.92 Å². The molecule has 2 N–H and O–H groups in total. The standard InChI is InChI=1S/C11H10Cl2N2.C7H8O3S/c12-10-2-7(4-15-11(10)13)8-1-6-3-14-5-9(6)8;1-6-2-4-7(5-3-6)11(8,9)10/h1-2,4,6,9,14H,3,5H2;2-5H,1H3,(H,8,9,10)/t6-,9+;/m0./s1. The Morgan fingerprint density at radius 2 is 1.88 bits per heavy atom. The minimum Gasteiger partial charge on any atom is -0.315 e. The SMILES string of the molecule is Cc1ccc(S(=O)(=O)O)cc1.Clc1cc(C2=C[C@H]3CNC[C@@H]23)cnc1Cl. The molecule has 5 nitrogen and oxygen atoms in total. The summed E-state index contributed by atoms with van der Waals surface area (Å²) in [7, 11) is -4.02. The molecule has 1 saturated heterocycles. The van der Waals surface area contributed by atoms with E-state index in [4.69, 9.17) is 27.8 Å². The van der Waals surface area contributed by atoms with E-state index in [9.17, 15) is 8.42 Å². The van der Waals surface area contributed by atoms with Crippen LogP contribution in [0.15, 0.2) is 47.5 Å². The van der Waals surface area contributed by atoms with E-state index in [1.807, 2.05) is 13.0 Å². The van der Waals surface area contributed by atoms with Gasteiger partial charge in [0.1, 0.15) is 5.15 Å². The summed E-state index contributed by atoms with van der Waals surface area (Å²) in [5.41, 5.74) is 3.42. The van der Waals surface area contributed by atoms with Gasteiger partial charge in [-0.25, -0.2) is 4.98 Å². The van der Waals surface area contributed by atoms with E-state index in [2.05, 4.69) is 16.4 Å². The van der Waals surface area contributed by atoms with Crippen LogP contribution in [0.3, 0.4) is 0 Å². The highest BCUT2D eigenvalue weighted by Gasteiger charge is 2.36. The third-order valence-corrected chi connectivity index (χ3v) is 6.06. The Balaban J connectivity index is 0.000000160. The number of fused-ring (bicyclic) bond motifs is 1. The first kappa shape index (κ1) is 19.3. The van der Waals surface area contributed by atoms with Gasteiger partial charge >= 0.3 is 0 Å². The maximum Gasteiger partial charge on any atom is 0.294 e. The van der Waals surface area contributed by atoms with Crippen molar-refractivity contribution in [1.29, 1.82) is 0 Å². The van der Waals surface area contributed by atoms with E-state index in [0.717, 1.165) is 24.2 Å². The fraction of sp³-hybridized carbons (Fsp3) is 0.278. The molecule has 26 heavy (non-hydrogen) atoms. The van der Waals surface area contributed by atoms with Crippen molar-refractivity contribution in [1.82, 2.24) is 10.3 Å². The van der Waals surface area contributed by atoms with Crippen LogP contribution in [0.1, 0.15) is 11.1 Å². The van der Waals surface area contributed by atoms with Crippen LogP contribution in [0.4, 0.5) is 0 Å². The van der Waals surface area contributed by atoms with Crippen LogP contribution >= 0.6 is 23.2 Å². The fourth-order valence-electron chi connectivity index (χ4n) is 3.05. The molecule has 2 aromatic rings. The van der Waals surface area contributed by atoms with Crippen molar-refractivity contribution in [3.8, 4) is 0 Å². The van der Waals surface area contributed by atoms with Crippen molar-refractivity contribution >= 4 is 38.9 Å². The molecule has 0 amide bonds. The Bertz CT molecular complexity index is 943. The van der Waals surface area contributed by atoms with E-state index >= 15 is 0 Å². The van der Waals surface area contributed by atoms with E-state index in [0.29, 0.717) is 22.0 Å². The van der Waals surface area contributed by atoms with Gasteiger partial charge in [0, 0.05) is 25.2 Å². The molecule has 2 heterocycles. The predicted molar refractivity (Wildman–Crippen MR) is 103 cm³/mol. The molecular formula is C18H18Cl2N2O3S. The van der Waals surface area contributed by atoms with Gasteiger partial charge in [0.2, 0.25) is 0 Å². The molecule has 0 saturated carbocycles. The van der Waals surface area contributed by atoms with Crippen LogP contribution < -0.4 is 5.32 Å². The number of nitrogens with zero attached hydrogens (tertiary/aromatic N) is 1. The second-order valence-electron chi connectivity index (χ2n) is 6.34. The topological polar surface area (TPSA) is 79.3 Å². The Morgan fingerprint density at radius 3 is 2.46 bits per heavy atom. The molecule has 0 bridgehead atoms. The second kappa shape index (κ2) is 7.66. The first-order valence-corrected chi connectivity index (χ1v) is 10.2. The Labute approximate surface area is 162 Å². The molecule has 2 atom stereocenters. The van der Waals surface area contributed by atoms with Gasteiger partial charge in [-0.05, 0) is 42.2 Å². The molecule has 1 aromatic heterocycles. The van der Waals surface area contributed by atoms with Gasteiger partial charge in [-0.3, -0.25) is 4.55 Å². The molecule has 0 radical (unpaired) electrons. The quantitative estimate of drug-likeness (QED) is 0.578. The number of rotatable bonds is 2. The van der Waals surface area contributed by atoms with E-state index in [1.54, 1.807) is 18.3 Å². The third kappa shape index (κ3) is 4.27. The normalized spacial score (nSPS) is 21.2. The number of nitrogens with one attached hydrogen (secondary N) is 1. The van der Waals surface area contributed by atoms with Crippen LogP contribution in [-0.4, -0.2) is 31.0 Å². The molecule has 138 valence electrons. The Morgan fingerprint density at radius 1 is 1.19 bits per heavy atom. The van der Waals surface area contributed by atoms with Crippen LogP contribution in [0.5, 0.6) is 0 Å². The van der Waals surface area contributed by atoms with Crippen molar-refractivity contribution in [3.63, 3.8) is 0 Å². The highest BCUT2D eigenvalue weighted by molar-refractivity contribution is 7.85. The van der Waals surface area contributed by atoms with Gasteiger partial charge in [-0.2, -0.15) is 8.42 Å². The lowest BCUT2D eigenvalue weighted by molar-refractivity contribution is 0.483. The first-order valence-electron chi connectivity index (χ1n) is 8.03. The highest BCUT2D eigenvalue weighted by Crippen LogP contribution is 2.42. The summed E-state index contributed by atoms with van der Waals surface area (Å²) in [4.78, 5) is 4.00. The van der Waals surface area contributed by atoms with Gasteiger partial charge in [0.15, 0.2) is 0 Å². The van der Waals surface area contributed by atoms with Crippen LogP contribution in [0.2, 0.25) is 10.2 Å². The lowest BCUT2D eigenvalue weighted by atomic mass is 9.74. The average molecular weight is 413 g/mol. The van der Waals surface area contributed by atoms with Crippen molar-refractivity contribution < 1.29 is 13.0 Å². The number of halogens is 2. The van der Waals surface area contributed by atoms with E-state index < -0.39 is 10.1 Å². The summed E-state index contributed by atoms with van der Waals surface area (Å²) < 4.78 is 29.6. The minimum atomic E-state index is -4.02. The number of benzene rings is 1. The van der Waals surface area contributed by atoms with Gasteiger partial charge in [-0.1, -0.05) is 47.0 Å². The maximum absolute atomic E-state index is 10.5. The summed E-state index contributed by atoms with van der Waals surface area (Å²) in [6.45, 7) is 4.01. The summed E-state index contributed by atoms with van der Waals surface area (Å²) in [5, 5.41) is 4.29. The molecule has 2 aliphatic rings. The van der Waals surface area contributed by atoms with Gasteiger partial charge in [0.25, 0.3) is 10.1 Å². The van der Waals surface area contributed by atoms with Gasteiger partial charge < -0.3 is 5.32 Å². The summed E-state index contributed by atoms with van der Waals surface area (Å²) in [6.07, 6.45) is 4.10. The lowest BCUT2D eigenvalue weighted by Crippen LogP contribution is -2.22. The number of pyridine rings is 1. The molecular weight excluding hydrogens is 395 g/mol. The summed E-state index contributed by atoms with van der Waals surface area (Å²) >= 11 is 11.7. The van der Waals surface area contributed by atoms with Gasteiger partial charge in [-0.15, -0.1) is 0 Å². The largest absolute Gasteiger partial charge is 0.315 e. The molecule has 8 heteroatoms. The van der Waals surface area contributed by atoms with E-state index in [1.165, 1.54) is 17.7 Å². The van der Waals surface area contributed by atoms with Crippen molar-refractivity contribution in [2.75, 3.05) is 13.1 Å². The zero-order chi connectivity index (χ0) is 18.9. The third-order valence-electron chi connectivity index (χ3n) is 4.50. The molecule has 1 fully saturated rings. The molecule has 1 aromatic carbocycles. The lowest BCUT2D eigenvalue weighted by Gasteiger charge is -2.29. The van der Waals surface area contributed by atoms with Crippen molar-refractivity contribution in [2.45, 2.75) is 11.8 Å². The molecule has 1 aliphatic heterocycles. The average Bonchev–Trinajstić information content (AvgIpc) is 2.92. The first-order chi connectivity index (χ1) is 12.3. The fourth-order valence-corrected chi connectivity index (χ4v) is 3.80. The second-order valence-corrected chi connectivity index (χ2v) is 8.52. The Hall–Kier alpha value is -1.44. The molecule has 0 unspecified atom stereocenters. The number of aryl methyl sites for hydroxylation is 1.